The maximum atomic E-state index is 12.2. The average molecular weight is 373 g/mol. The van der Waals surface area contributed by atoms with Crippen LogP contribution in [0.25, 0.3) is 10.2 Å². The van der Waals surface area contributed by atoms with Gasteiger partial charge in [-0.15, -0.1) is 11.3 Å². The van der Waals surface area contributed by atoms with Crippen LogP contribution in [0.5, 0.6) is 0 Å². The Hall–Kier alpha value is -2.45. The number of nitro benzene ring substituents is 1. The first kappa shape index (κ1) is 17.4. The summed E-state index contributed by atoms with van der Waals surface area (Å²) >= 11 is 2.68. The first-order valence-corrected chi connectivity index (χ1v) is 9.42. The molecular weight excluding hydrogens is 358 g/mol. The largest absolute Gasteiger partial charge is 0.325 e. The zero-order valence-corrected chi connectivity index (χ0v) is 15.0. The molecule has 3 rings (SSSR count). The Labute approximate surface area is 152 Å². The van der Waals surface area contributed by atoms with Crippen LogP contribution in [0.2, 0.25) is 0 Å². The van der Waals surface area contributed by atoms with Crippen molar-refractivity contribution in [3.8, 4) is 0 Å². The Morgan fingerprint density at radius 2 is 2.12 bits per heavy atom. The minimum absolute atomic E-state index is 0.0432. The zero-order chi connectivity index (χ0) is 17.8. The van der Waals surface area contributed by atoms with Crippen molar-refractivity contribution in [2.24, 2.45) is 0 Å². The lowest BCUT2D eigenvalue weighted by Crippen LogP contribution is -2.15. The lowest BCUT2D eigenvalue weighted by molar-refractivity contribution is -0.384. The minimum Gasteiger partial charge on any atom is -0.325 e. The van der Waals surface area contributed by atoms with Gasteiger partial charge in [-0.2, -0.15) is 0 Å². The van der Waals surface area contributed by atoms with Crippen LogP contribution in [0.4, 0.5) is 11.4 Å². The molecule has 1 aromatic heterocycles. The van der Waals surface area contributed by atoms with E-state index in [0.29, 0.717) is 5.52 Å². The first-order valence-electron chi connectivity index (χ1n) is 7.62. The molecule has 2 aromatic carbocycles. The zero-order valence-electron chi connectivity index (χ0n) is 13.4. The number of benzene rings is 2. The highest BCUT2D eigenvalue weighted by atomic mass is 32.2. The van der Waals surface area contributed by atoms with Crippen LogP contribution in [-0.4, -0.2) is 21.6 Å². The van der Waals surface area contributed by atoms with Crippen LogP contribution < -0.4 is 5.32 Å². The molecule has 0 unspecified atom stereocenters. The number of nitro groups is 1. The molecule has 1 N–H and O–H groups in total. The van der Waals surface area contributed by atoms with E-state index in [9.17, 15) is 14.9 Å². The number of thioether (sulfide) groups is 1. The van der Waals surface area contributed by atoms with Crippen molar-refractivity contribution in [2.45, 2.75) is 17.7 Å². The molecule has 6 nitrogen and oxygen atoms in total. The summed E-state index contributed by atoms with van der Waals surface area (Å²) in [6.07, 6.45) is 0.847. The molecule has 0 aliphatic carbocycles. The van der Waals surface area contributed by atoms with E-state index in [1.165, 1.54) is 35.2 Å². The molecule has 0 bridgehead atoms. The average Bonchev–Trinajstić information content (AvgIpc) is 3.02. The van der Waals surface area contributed by atoms with E-state index < -0.39 is 4.92 Å². The number of aromatic nitrogens is 1. The Balaban J connectivity index is 1.65. The van der Waals surface area contributed by atoms with E-state index in [2.05, 4.69) is 10.3 Å². The van der Waals surface area contributed by atoms with E-state index in [4.69, 9.17) is 0 Å². The number of amides is 1. The van der Waals surface area contributed by atoms with Crippen molar-refractivity contribution in [3.63, 3.8) is 0 Å². The molecule has 0 aliphatic heterocycles. The number of non-ortho nitro benzene ring substituents is 1. The third-order valence-corrected chi connectivity index (χ3v) is 5.72. The second-order valence-electron chi connectivity index (χ2n) is 5.24. The molecule has 1 heterocycles. The van der Waals surface area contributed by atoms with Crippen LogP contribution in [0.3, 0.4) is 0 Å². The molecule has 0 fully saturated rings. The van der Waals surface area contributed by atoms with Gasteiger partial charge in [0.25, 0.3) is 5.69 Å². The number of anilines is 1. The number of thiazole rings is 1. The van der Waals surface area contributed by atoms with E-state index in [1.54, 1.807) is 6.07 Å². The molecular formula is C17H15N3O3S2. The van der Waals surface area contributed by atoms with E-state index >= 15 is 0 Å². The SMILES string of the molecule is CCc1ccccc1NC(=O)CSc1nc2ccc([N+](=O)[O-])cc2s1. The summed E-state index contributed by atoms with van der Waals surface area (Å²) in [6.45, 7) is 2.04. The van der Waals surface area contributed by atoms with E-state index in [1.807, 2.05) is 31.2 Å². The van der Waals surface area contributed by atoms with Gasteiger partial charge in [0, 0.05) is 17.8 Å². The number of hydrogen-bond donors (Lipinski definition) is 1. The Morgan fingerprint density at radius 3 is 2.88 bits per heavy atom. The Bertz CT molecular complexity index is 940. The number of nitrogens with zero attached hydrogens (tertiary/aromatic N) is 2. The summed E-state index contributed by atoms with van der Waals surface area (Å²) in [7, 11) is 0. The third kappa shape index (κ3) is 4.15. The predicted molar refractivity (Wildman–Crippen MR) is 101 cm³/mol. The van der Waals surface area contributed by atoms with Gasteiger partial charge in [0.05, 0.1) is 20.9 Å². The van der Waals surface area contributed by atoms with Gasteiger partial charge in [0.15, 0.2) is 4.34 Å². The highest BCUT2D eigenvalue weighted by molar-refractivity contribution is 8.01. The van der Waals surface area contributed by atoms with Crippen LogP contribution in [0.15, 0.2) is 46.8 Å². The van der Waals surface area contributed by atoms with Gasteiger partial charge in [-0.1, -0.05) is 36.9 Å². The summed E-state index contributed by atoms with van der Waals surface area (Å²) < 4.78 is 1.46. The molecule has 0 atom stereocenters. The quantitative estimate of drug-likeness (QED) is 0.391. The normalized spacial score (nSPS) is 10.8. The predicted octanol–water partition coefficient (Wildman–Crippen LogP) is 4.50. The van der Waals surface area contributed by atoms with Crippen molar-refractivity contribution < 1.29 is 9.72 Å². The van der Waals surface area contributed by atoms with Crippen LogP contribution in [0, 0.1) is 10.1 Å². The van der Waals surface area contributed by atoms with Gasteiger partial charge in [-0.25, -0.2) is 4.98 Å². The van der Waals surface area contributed by atoms with Crippen molar-refractivity contribution in [3.05, 3.63) is 58.1 Å². The molecule has 8 heteroatoms. The van der Waals surface area contributed by atoms with Gasteiger partial charge in [0.1, 0.15) is 0 Å². The lowest BCUT2D eigenvalue weighted by atomic mass is 10.1. The second kappa shape index (κ2) is 7.62. The van der Waals surface area contributed by atoms with Crippen molar-refractivity contribution in [2.75, 3.05) is 11.1 Å². The number of carbonyl (C=O) groups excluding carboxylic acids is 1. The Morgan fingerprint density at radius 1 is 1.32 bits per heavy atom. The van der Waals surface area contributed by atoms with Crippen molar-refractivity contribution in [1.29, 1.82) is 0 Å². The summed E-state index contributed by atoms with van der Waals surface area (Å²) in [5.74, 6) is 0.135. The van der Waals surface area contributed by atoms with E-state index in [0.717, 1.165) is 26.7 Å². The molecule has 0 saturated heterocycles. The van der Waals surface area contributed by atoms with Gasteiger partial charge in [-0.3, -0.25) is 14.9 Å². The summed E-state index contributed by atoms with van der Waals surface area (Å²) in [5.41, 5.74) is 2.67. The number of fused-ring (bicyclic) bond motifs is 1. The molecule has 128 valence electrons. The summed E-state index contributed by atoms with van der Waals surface area (Å²) in [5, 5.41) is 13.7. The maximum absolute atomic E-state index is 12.2. The van der Waals surface area contributed by atoms with Gasteiger partial charge >= 0.3 is 0 Å². The van der Waals surface area contributed by atoms with Gasteiger partial charge in [0.2, 0.25) is 5.91 Å². The van der Waals surface area contributed by atoms with Crippen molar-refractivity contribution in [1.82, 2.24) is 4.98 Å². The number of nitrogens with one attached hydrogen (secondary N) is 1. The highest BCUT2D eigenvalue weighted by Gasteiger charge is 2.12. The van der Waals surface area contributed by atoms with Gasteiger partial charge in [-0.05, 0) is 24.1 Å². The number of aryl methyl sites for hydroxylation is 1. The molecule has 0 aliphatic rings. The highest BCUT2D eigenvalue weighted by Crippen LogP contribution is 2.31. The third-order valence-electron chi connectivity index (χ3n) is 3.56. The number of para-hydroxylation sites is 1. The number of carbonyl (C=O) groups is 1. The summed E-state index contributed by atoms with van der Waals surface area (Å²) in [4.78, 5) is 27.0. The maximum Gasteiger partial charge on any atom is 0.270 e. The molecule has 0 saturated carbocycles. The Kier molecular flexibility index (Phi) is 5.30. The minimum atomic E-state index is -0.426. The van der Waals surface area contributed by atoms with Crippen molar-refractivity contribution >= 4 is 50.6 Å². The molecule has 0 spiro atoms. The fraction of sp³-hybridized carbons (Fsp3) is 0.176. The first-order chi connectivity index (χ1) is 12.1. The monoisotopic (exact) mass is 373 g/mol. The van der Waals surface area contributed by atoms with E-state index in [-0.39, 0.29) is 17.3 Å². The smallest absolute Gasteiger partial charge is 0.270 e. The standard InChI is InChI=1S/C17H15N3O3S2/c1-2-11-5-3-4-6-13(11)18-16(21)10-24-17-19-14-8-7-12(20(22)23)9-15(14)25-17/h3-9H,2,10H2,1H3,(H,18,21). The number of hydrogen-bond acceptors (Lipinski definition) is 6. The van der Waals surface area contributed by atoms with Gasteiger partial charge < -0.3 is 5.32 Å². The molecule has 3 aromatic rings. The van der Waals surface area contributed by atoms with Crippen LogP contribution in [0.1, 0.15) is 12.5 Å². The summed E-state index contributed by atoms with van der Waals surface area (Å²) in [6, 6.07) is 12.3. The molecule has 1 amide bonds. The lowest BCUT2D eigenvalue weighted by Gasteiger charge is -2.08. The van der Waals surface area contributed by atoms with Crippen LogP contribution in [-0.2, 0) is 11.2 Å². The molecule has 0 radical (unpaired) electrons. The fourth-order valence-electron chi connectivity index (χ4n) is 2.33. The fourth-order valence-corrected chi connectivity index (χ4v) is 4.23. The molecule has 25 heavy (non-hydrogen) atoms. The second-order valence-corrected chi connectivity index (χ2v) is 7.49. The van der Waals surface area contributed by atoms with Crippen LogP contribution >= 0.6 is 23.1 Å². The topological polar surface area (TPSA) is 85.1 Å². The number of rotatable bonds is 6.